The van der Waals surface area contributed by atoms with E-state index in [9.17, 15) is 9.59 Å². The average Bonchev–Trinajstić information content (AvgIpc) is 3.26. The number of aromatic nitrogens is 3. The number of aryl methyl sites for hydroxylation is 1. The molecule has 1 amide bonds. The number of carbonyl (C=O) groups is 1. The Morgan fingerprint density at radius 2 is 2.12 bits per heavy atom. The van der Waals surface area contributed by atoms with Crippen molar-refractivity contribution in [2.24, 2.45) is 0 Å². The van der Waals surface area contributed by atoms with Gasteiger partial charge in [-0.1, -0.05) is 35.5 Å². The molecule has 0 unspecified atom stereocenters. The van der Waals surface area contributed by atoms with Crippen LogP contribution in [0.25, 0.3) is 11.1 Å². The second kappa shape index (κ2) is 6.16. The maximum Gasteiger partial charge on any atom is 0.267 e. The lowest BCUT2D eigenvalue weighted by molar-refractivity contribution is -0.130. The highest BCUT2D eigenvalue weighted by atomic mass is 16.5. The van der Waals surface area contributed by atoms with Crippen molar-refractivity contribution in [3.8, 4) is 0 Å². The van der Waals surface area contributed by atoms with Gasteiger partial charge in [0.15, 0.2) is 0 Å². The minimum atomic E-state index is -0.295. The van der Waals surface area contributed by atoms with E-state index >= 15 is 0 Å². The van der Waals surface area contributed by atoms with Gasteiger partial charge in [0.05, 0.1) is 5.69 Å². The number of likely N-dealkylation sites (tertiary alicyclic amines) is 1. The zero-order chi connectivity index (χ0) is 17.4. The lowest BCUT2D eigenvalue weighted by Crippen LogP contribution is -2.35. The lowest BCUT2D eigenvalue weighted by atomic mass is 9.99. The van der Waals surface area contributed by atoms with Crippen LogP contribution < -0.4 is 5.56 Å². The van der Waals surface area contributed by atoms with E-state index in [4.69, 9.17) is 4.52 Å². The quantitative estimate of drug-likeness (QED) is 0.726. The number of rotatable bonds is 3. The molecule has 0 radical (unpaired) electrons. The van der Waals surface area contributed by atoms with Gasteiger partial charge >= 0.3 is 0 Å². The van der Waals surface area contributed by atoms with E-state index in [1.165, 1.54) is 16.5 Å². The second-order valence-electron chi connectivity index (χ2n) is 6.36. The van der Waals surface area contributed by atoms with Gasteiger partial charge in [-0.3, -0.25) is 14.2 Å². The Morgan fingerprint density at radius 1 is 1.32 bits per heavy atom. The highest BCUT2D eigenvalue weighted by molar-refractivity contribution is 5.78. The van der Waals surface area contributed by atoms with Gasteiger partial charge in [0.2, 0.25) is 5.91 Å². The van der Waals surface area contributed by atoms with E-state index in [0.717, 1.165) is 6.42 Å². The first-order valence-electron chi connectivity index (χ1n) is 8.27. The molecule has 4 rings (SSSR count). The first-order valence-corrected chi connectivity index (χ1v) is 8.27. The normalized spacial score (nSPS) is 17.3. The maximum atomic E-state index is 12.6. The Balaban J connectivity index is 1.50. The average molecular weight is 338 g/mol. The SMILES string of the molecule is Cc1noc2ncn(CC(=O)N3CC[C@H](c4ccccc4)C3)c(=O)c12. The van der Waals surface area contributed by atoms with Crippen molar-refractivity contribution in [1.29, 1.82) is 0 Å². The van der Waals surface area contributed by atoms with E-state index in [-0.39, 0.29) is 23.7 Å². The molecular formula is C18H18N4O3. The number of amides is 1. The zero-order valence-electron chi connectivity index (χ0n) is 13.9. The highest BCUT2D eigenvalue weighted by Crippen LogP contribution is 2.27. The fourth-order valence-electron chi connectivity index (χ4n) is 3.35. The van der Waals surface area contributed by atoms with Crippen LogP contribution in [0.3, 0.4) is 0 Å². The third-order valence-electron chi connectivity index (χ3n) is 4.75. The summed E-state index contributed by atoms with van der Waals surface area (Å²) in [4.78, 5) is 31.0. The molecule has 3 aromatic rings. The van der Waals surface area contributed by atoms with Crippen molar-refractivity contribution in [3.63, 3.8) is 0 Å². The first-order chi connectivity index (χ1) is 12.1. The molecule has 2 aromatic heterocycles. The van der Waals surface area contributed by atoms with Gasteiger partial charge in [-0.05, 0) is 18.9 Å². The van der Waals surface area contributed by atoms with Gasteiger partial charge in [0.25, 0.3) is 11.3 Å². The highest BCUT2D eigenvalue weighted by Gasteiger charge is 2.27. The summed E-state index contributed by atoms with van der Waals surface area (Å²) < 4.78 is 6.31. The van der Waals surface area contributed by atoms with Gasteiger partial charge in [0.1, 0.15) is 18.3 Å². The van der Waals surface area contributed by atoms with Crippen molar-refractivity contribution < 1.29 is 9.32 Å². The van der Waals surface area contributed by atoms with Crippen LogP contribution in [-0.2, 0) is 11.3 Å². The van der Waals surface area contributed by atoms with E-state index in [1.54, 1.807) is 6.92 Å². The summed E-state index contributed by atoms with van der Waals surface area (Å²) in [6.45, 7) is 3.05. The molecule has 1 aliphatic rings. The molecule has 1 saturated heterocycles. The summed E-state index contributed by atoms with van der Waals surface area (Å²) in [5, 5.41) is 4.08. The Bertz CT molecular complexity index is 977. The smallest absolute Gasteiger partial charge is 0.267 e. The summed E-state index contributed by atoms with van der Waals surface area (Å²) in [5.41, 5.74) is 1.64. The zero-order valence-corrected chi connectivity index (χ0v) is 13.9. The van der Waals surface area contributed by atoms with E-state index in [2.05, 4.69) is 22.3 Å². The van der Waals surface area contributed by atoms with Crippen molar-refractivity contribution in [3.05, 3.63) is 58.3 Å². The molecule has 0 aliphatic carbocycles. The predicted molar refractivity (Wildman–Crippen MR) is 91.2 cm³/mol. The second-order valence-corrected chi connectivity index (χ2v) is 6.36. The van der Waals surface area contributed by atoms with Crippen LogP contribution in [0, 0.1) is 6.92 Å². The minimum absolute atomic E-state index is 0.0199. The molecule has 0 N–H and O–H groups in total. The lowest BCUT2D eigenvalue weighted by Gasteiger charge is -2.17. The number of benzene rings is 1. The van der Waals surface area contributed by atoms with Gasteiger partial charge in [-0.25, -0.2) is 4.98 Å². The molecule has 0 saturated carbocycles. The van der Waals surface area contributed by atoms with Crippen LogP contribution >= 0.6 is 0 Å². The molecule has 0 bridgehead atoms. The first kappa shape index (κ1) is 15.6. The van der Waals surface area contributed by atoms with Gasteiger partial charge in [-0.2, -0.15) is 0 Å². The number of nitrogens with zero attached hydrogens (tertiary/aromatic N) is 4. The standard InChI is InChI=1S/C18H18N4O3/c1-12-16-17(25-20-12)19-11-22(18(16)24)10-15(23)21-8-7-14(9-21)13-5-3-2-4-6-13/h2-6,11,14H,7-10H2,1H3/t14-/m0/s1. The van der Waals surface area contributed by atoms with Crippen LogP contribution in [0.4, 0.5) is 0 Å². The molecule has 3 heterocycles. The Kier molecular flexibility index (Phi) is 3.83. The molecule has 128 valence electrons. The molecule has 7 nitrogen and oxygen atoms in total. The summed E-state index contributed by atoms with van der Waals surface area (Å²) in [5.74, 6) is 0.276. The fraction of sp³-hybridized carbons (Fsp3) is 0.333. The van der Waals surface area contributed by atoms with Gasteiger partial charge in [-0.15, -0.1) is 0 Å². The summed E-state index contributed by atoms with van der Waals surface area (Å²) in [6, 6.07) is 10.2. The summed E-state index contributed by atoms with van der Waals surface area (Å²) >= 11 is 0. The van der Waals surface area contributed by atoms with Crippen molar-refractivity contribution in [1.82, 2.24) is 19.6 Å². The number of carbonyl (C=O) groups excluding carboxylic acids is 1. The van der Waals surface area contributed by atoms with Crippen LogP contribution in [0.2, 0.25) is 0 Å². The van der Waals surface area contributed by atoms with Crippen molar-refractivity contribution >= 4 is 17.0 Å². The van der Waals surface area contributed by atoms with Gasteiger partial charge in [0, 0.05) is 19.0 Å². The summed E-state index contributed by atoms with van der Waals surface area (Å²) in [6.07, 6.45) is 2.28. The molecule has 25 heavy (non-hydrogen) atoms. The number of fused-ring (bicyclic) bond motifs is 1. The minimum Gasteiger partial charge on any atom is -0.341 e. The van der Waals surface area contributed by atoms with Crippen LogP contribution in [0.1, 0.15) is 23.6 Å². The summed E-state index contributed by atoms with van der Waals surface area (Å²) in [7, 11) is 0. The molecule has 1 atom stereocenters. The molecule has 1 aromatic carbocycles. The number of hydrogen-bond donors (Lipinski definition) is 0. The van der Waals surface area contributed by atoms with Gasteiger partial charge < -0.3 is 9.42 Å². The van der Waals surface area contributed by atoms with Crippen molar-refractivity contribution in [2.75, 3.05) is 13.1 Å². The Morgan fingerprint density at radius 3 is 2.92 bits per heavy atom. The van der Waals surface area contributed by atoms with E-state index in [0.29, 0.717) is 30.1 Å². The Hall–Kier alpha value is -2.96. The Labute approximate surface area is 143 Å². The van der Waals surface area contributed by atoms with Crippen LogP contribution in [-0.4, -0.2) is 38.6 Å². The van der Waals surface area contributed by atoms with E-state index in [1.807, 2.05) is 23.1 Å². The number of hydrogen-bond acceptors (Lipinski definition) is 5. The monoisotopic (exact) mass is 338 g/mol. The largest absolute Gasteiger partial charge is 0.341 e. The van der Waals surface area contributed by atoms with Crippen LogP contribution in [0.5, 0.6) is 0 Å². The van der Waals surface area contributed by atoms with Crippen LogP contribution in [0.15, 0.2) is 46.0 Å². The molecule has 0 spiro atoms. The fourth-order valence-corrected chi connectivity index (χ4v) is 3.35. The molecular weight excluding hydrogens is 320 g/mol. The van der Waals surface area contributed by atoms with E-state index < -0.39 is 0 Å². The van der Waals surface area contributed by atoms with Crippen molar-refractivity contribution in [2.45, 2.75) is 25.8 Å². The third kappa shape index (κ3) is 2.82. The molecule has 1 fully saturated rings. The maximum absolute atomic E-state index is 12.6. The molecule has 7 heteroatoms. The predicted octanol–water partition coefficient (Wildman–Crippen LogP) is 1.71. The third-order valence-corrected chi connectivity index (χ3v) is 4.75. The molecule has 1 aliphatic heterocycles. The topological polar surface area (TPSA) is 81.2 Å².